The number of piperazine rings is 1. The molecule has 0 saturated carbocycles. The number of ether oxygens (including phenoxy) is 1. The molecule has 0 bridgehead atoms. The molecule has 1 aromatic heterocycles. The molecule has 1 aromatic rings. The Labute approximate surface area is 150 Å². The molecule has 1 aliphatic heterocycles. The third-order valence-electron chi connectivity index (χ3n) is 3.22. The Morgan fingerprint density at radius 3 is 2.32 bits per heavy atom. The van der Waals surface area contributed by atoms with Gasteiger partial charge in [0.15, 0.2) is 0 Å². The van der Waals surface area contributed by atoms with E-state index in [-0.39, 0.29) is 12.0 Å². The van der Waals surface area contributed by atoms with Crippen molar-refractivity contribution in [2.24, 2.45) is 5.92 Å². The maximum Gasteiger partial charge on any atom is 0.409 e. The molecule has 22 heavy (non-hydrogen) atoms. The van der Waals surface area contributed by atoms with Crippen LogP contribution in [0.1, 0.15) is 23.5 Å². The van der Waals surface area contributed by atoms with E-state index in [1.54, 1.807) is 9.80 Å². The van der Waals surface area contributed by atoms with Crippen LogP contribution in [0.4, 0.5) is 4.79 Å². The molecule has 0 N–H and O–H groups in total. The lowest BCUT2D eigenvalue weighted by Gasteiger charge is -2.34. The van der Waals surface area contributed by atoms with Gasteiger partial charge in [-0.3, -0.25) is 4.79 Å². The molecule has 0 aliphatic carbocycles. The van der Waals surface area contributed by atoms with Crippen LogP contribution < -0.4 is 0 Å². The Morgan fingerprint density at radius 1 is 1.23 bits per heavy atom. The summed E-state index contributed by atoms with van der Waals surface area (Å²) >= 11 is 8.19. The zero-order valence-electron chi connectivity index (χ0n) is 12.5. The van der Waals surface area contributed by atoms with Gasteiger partial charge in [-0.25, -0.2) is 4.79 Å². The number of halogens is 2. The second-order valence-electron chi connectivity index (χ2n) is 5.48. The third-order valence-corrected chi connectivity index (χ3v) is 6.47. The Kier molecular flexibility index (Phi) is 6.28. The van der Waals surface area contributed by atoms with Gasteiger partial charge in [-0.2, -0.15) is 0 Å². The smallest absolute Gasteiger partial charge is 0.409 e. The second-order valence-corrected chi connectivity index (χ2v) is 8.71. The predicted molar refractivity (Wildman–Crippen MR) is 93.4 cm³/mol. The first-order valence-corrected chi connectivity index (χ1v) is 9.44. The van der Waals surface area contributed by atoms with Gasteiger partial charge in [0.2, 0.25) is 0 Å². The standard InChI is InChI=1S/C14H18Br2N2O3S/c1-9(2)8-21-14(20)18-5-3-17(4-6-18)13(19)11-7-10(15)12(16)22-11/h7,9H,3-6,8H2,1-2H3. The summed E-state index contributed by atoms with van der Waals surface area (Å²) in [5.74, 6) is 0.328. The van der Waals surface area contributed by atoms with Crippen LogP contribution in [0.5, 0.6) is 0 Å². The van der Waals surface area contributed by atoms with E-state index in [0.717, 1.165) is 8.26 Å². The zero-order valence-corrected chi connectivity index (χ0v) is 16.5. The normalized spacial score (nSPS) is 15.3. The highest BCUT2D eigenvalue weighted by Gasteiger charge is 2.26. The average Bonchev–Trinajstić information content (AvgIpc) is 2.83. The fourth-order valence-corrected chi connectivity index (χ4v) is 4.03. The van der Waals surface area contributed by atoms with Crippen LogP contribution in [-0.2, 0) is 4.74 Å². The SMILES string of the molecule is CC(C)COC(=O)N1CCN(C(=O)c2cc(Br)c(Br)s2)CC1. The average molecular weight is 454 g/mol. The minimum Gasteiger partial charge on any atom is -0.449 e. The zero-order chi connectivity index (χ0) is 16.3. The monoisotopic (exact) mass is 452 g/mol. The predicted octanol–water partition coefficient (Wildman–Crippen LogP) is 3.82. The van der Waals surface area contributed by atoms with Crippen molar-refractivity contribution in [3.8, 4) is 0 Å². The van der Waals surface area contributed by atoms with Crippen LogP contribution in [0.15, 0.2) is 14.3 Å². The summed E-state index contributed by atoms with van der Waals surface area (Å²) in [6.45, 7) is 6.51. The van der Waals surface area contributed by atoms with E-state index >= 15 is 0 Å². The number of hydrogen-bond acceptors (Lipinski definition) is 4. The molecule has 122 valence electrons. The number of thiophene rings is 1. The molecule has 8 heteroatoms. The van der Waals surface area contributed by atoms with Crippen molar-refractivity contribution in [2.75, 3.05) is 32.8 Å². The van der Waals surface area contributed by atoms with Gasteiger partial charge < -0.3 is 14.5 Å². The molecule has 0 aromatic carbocycles. The number of nitrogens with zero attached hydrogens (tertiary/aromatic N) is 2. The summed E-state index contributed by atoms with van der Waals surface area (Å²) in [7, 11) is 0. The molecule has 0 radical (unpaired) electrons. The Balaban J connectivity index is 1.86. The van der Waals surface area contributed by atoms with Crippen molar-refractivity contribution < 1.29 is 14.3 Å². The lowest BCUT2D eigenvalue weighted by molar-refractivity contribution is 0.0538. The first-order valence-electron chi connectivity index (χ1n) is 7.04. The number of carbonyl (C=O) groups excluding carboxylic acids is 2. The highest BCUT2D eigenvalue weighted by atomic mass is 79.9. The highest BCUT2D eigenvalue weighted by Crippen LogP contribution is 2.33. The molecular weight excluding hydrogens is 436 g/mol. The van der Waals surface area contributed by atoms with Crippen LogP contribution in [0, 0.1) is 5.92 Å². The van der Waals surface area contributed by atoms with Crippen LogP contribution >= 0.6 is 43.2 Å². The molecule has 1 aliphatic rings. The molecule has 0 unspecified atom stereocenters. The van der Waals surface area contributed by atoms with Crippen molar-refractivity contribution >= 4 is 55.2 Å². The lowest BCUT2D eigenvalue weighted by atomic mass is 10.2. The minimum atomic E-state index is -0.289. The van der Waals surface area contributed by atoms with Gasteiger partial charge in [0.25, 0.3) is 5.91 Å². The van der Waals surface area contributed by atoms with Gasteiger partial charge in [-0.05, 0) is 43.8 Å². The molecule has 1 saturated heterocycles. The van der Waals surface area contributed by atoms with Gasteiger partial charge in [0.05, 0.1) is 15.3 Å². The van der Waals surface area contributed by atoms with E-state index in [2.05, 4.69) is 31.9 Å². The summed E-state index contributed by atoms with van der Waals surface area (Å²) < 4.78 is 7.01. The Bertz CT molecular complexity index is 535. The van der Waals surface area contributed by atoms with E-state index in [9.17, 15) is 9.59 Å². The molecule has 2 heterocycles. The Morgan fingerprint density at radius 2 is 1.82 bits per heavy atom. The summed E-state index contributed by atoms with van der Waals surface area (Å²) in [6, 6.07) is 1.82. The molecule has 0 spiro atoms. The highest BCUT2D eigenvalue weighted by molar-refractivity contribution is 9.13. The van der Waals surface area contributed by atoms with E-state index < -0.39 is 0 Å². The molecule has 2 rings (SSSR count). The fourth-order valence-electron chi connectivity index (χ4n) is 2.03. The van der Waals surface area contributed by atoms with Crippen LogP contribution in [0.25, 0.3) is 0 Å². The summed E-state index contributed by atoms with van der Waals surface area (Å²) in [6.07, 6.45) is -0.289. The van der Waals surface area contributed by atoms with Gasteiger partial charge in [0.1, 0.15) is 0 Å². The van der Waals surface area contributed by atoms with Crippen LogP contribution in [-0.4, -0.2) is 54.6 Å². The van der Waals surface area contributed by atoms with E-state index in [0.29, 0.717) is 43.6 Å². The van der Waals surface area contributed by atoms with Crippen molar-refractivity contribution in [1.82, 2.24) is 9.80 Å². The molecular formula is C14H18Br2N2O3S. The van der Waals surface area contributed by atoms with E-state index in [1.807, 2.05) is 19.9 Å². The summed E-state index contributed by atoms with van der Waals surface area (Å²) in [5, 5.41) is 0. The van der Waals surface area contributed by atoms with Crippen LogP contribution in [0.2, 0.25) is 0 Å². The summed E-state index contributed by atoms with van der Waals surface area (Å²) in [4.78, 5) is 28.4. The largest absolute Gasteiger partial charge is 0.449 e. The van der Waals surface area contributed by atoms with Gasteiger partial charge in [-0.15, -0.1) is 11.3 Å². The van der Waals surface area contributed by atoms with Crippen molar-refractivity contribution in [1.29, 1.82) is 0 Å². The van der Waals surface area contributed by atoms with E-state index in [1.165, 1.54) is 11.3 Å². The van der Waals surface area contributed by atoms with Crippen molar-refractivity contribution in [3.05, 3.63) is 19.2 Å². The second kappa shape index (κ2) is 7.79. The number of hydrogen-bond donors (Lipinski definition) is 0. The first kappa shape index (κ1) is 17.7. The lowest BCUT2D eigenvalue weighted by Crippen LogP contribution is -2.50. The Hall–Kier alpha value is -0.600. The van der Waals surface area contributed by atoms with Gasteiger partial charge in [0, 0.05) is 30.7 Å². The van der Waals surface area contributed by atoms with Crippen molar-refractivity contribution in [2.45, 2.75) is 13.8 Å². The summed E-state index contributed by atoms with van der Waals surface area (Å²) in [5.41, 5.74) is 0. The molecule has 1 fully saturated rings. The fraction of sp³-hybridized carbons (Fsp3) is 0.571. The quantitative estimate of drug-likeness (QED) is 0.698. The maximum absolute atomic E-state index is 12.4. The van der Waals surface area contributed by atoms with E-state index in [4.69, 9.17) is 4.74 Å². The van der Waals surface area contributed by atoms with Crippen LogP contribution in [0.3, 0.4) is 0 Å². The minimum absolute atomic E-state index is 0.00611. The molecule has 2 amide bonds. The molecule has 5 nitrogen and oxygen atoms in total. The molecule has 0 atom stereocenters. The van der Waals surface area contributed by atoms with Gasteiger partial charge in [-0.1, -0.05) is 13.8 Å². The van der Waals surface area contributed by atoms with Gasteiger partial charge >= 0.3 is 6.09 Å². The number of rotatable bonds is 3. The topological polar surface area (TPSA) is 49.9 Å². The first-order chi connectivity index (χ1) is 10.4. The maximum atomic E-state index is 12.4. The number of carbonyl (C=O) groups is 2. The van der Waals surface area contributed by atoms with Crippen molar-refractivity contribution in [3.63, 3.8) is 0 Å². The third kappa shape index (κ3) is 4.45. The number of amides is 2.